The molecule has 0 aliphatic rings. The lowest BCUT2D eigenvalue weighted by molar-refractivity contribution is 0.439. The molecule has 0 fully saturated rings. The van der Waals surface area contributed by atoms with E-state index in [4.69, 9.17) is 21.9 Å². The van der Waals surface area contributed by atoms with Crippen LogP contribution >= 0.6 is 11.6 Å². The van der Waals surface area contributed by atoms with Gasteiger partial charge in [-0.1, -0.05) is 28.9 Å². The number of H-pyrrole nitrogens is 1. The Balaban J connectivity index is 2.26. The first-order valence-electron chi connectivity index (χ1n) is 5.37. The third kappa shape index (κ3) is 1.86. The summed E-state index contributed by atoms with van der Waals surface area (Å²) >= 11 is 5.77. The summed E-state index contributed by atoms with van der Waals surface area (Å²) in [5, 5.41) is 10.3. The van der Waals surface area contributed by atoms with Crippen molar-refractivity contribution in [3.8, 4) is 22.4 Å². The van der Waals surface area contributed by atoms with Crippen molar-refractivity contribution in [2.75, 3.05) is 5.73 Å². The maximum absolute atomic E-state index is 14.1. The van der Waals surface area contributed by atoms with Gasteiger partial charge in [-0.3, -0.25) is 5.10 Å². The molecule has 0 radical (unpaired) electrons. The smallest absolute Gasteiger partial charge is 0.230 e. The standard InChI is InChI=1S/C12H8ClFN4O/c13-8-3-1-2-7(10(8)14)9-11(18-19-12(9)15)6-4-16-17-5-6/h1-5H,15H2,(H,16,17). The number of benzene rings is 1. The largest absolute Gasteiger partial charge is 0.367 e. The third-order valence-corrected chi connectivity index (χ3v) is 3.00. The monoisotopic (exact) mass is 278 g/mol. The summed E-state index contributed by atoms with van der Waals surface area (Å²) in [5.41, 5.74) is 7.39. The minimum absolute atomic E-state index is 0.0104. The fourth-order valence-electron chi connectivity index (χ4n) is 1.84. The van der Waals surface area contributed by atoms with Crippen LogP contribution in [0.4, 0.5) is 10.3 Å². The fraction of sp³-hybridized carbons (Fsp3) is 0. The number of hydrogen-bond donors (Lipinski definition) is 2. The Morgan fingerprint density at radius 3 is 2.95 bits per heavy atom. The number of aromatic nitrogens is 3. The molecule has 0 saturated carbocycles. The number of nitrogen functional groups attached to an aromatic ring is 1. The van der Waals surface area contributed by atoms with Crippen LogP contribution in [0, 0.1) is 5.82 Å². The highest BCUT2D eigenvalue weighted by Crippen LogP contribution is 2.38. The van der Waals surface area contributed by atoms with Gasteiger partial charge in [0.1, 0.15) is 11.5 Å². The number of halogens is 2. The quantitative estimate of drug-likeness (QED) is 0.755. The zero-order chi connectivity index (χ0) is 13.4. The van der Waals surface area contributed by atoms with Crippen molar-refractivity contribution >= 4 is 17.5 Å². The van der Waals surface area contributed by atoms with Crippen LogP contribution in [0.15, 0.2) is 35.1 Å². The maximum Gasteiger partial charge on any atom is 0.230 e. The van der Waals surface area contributed by atoms with E-state index >= 15 is 0 Å². The topological polar surface area (TPSA) is 80.7 Å². The molecule has 1 aromatic carbocycles. The SMILES string of the molecule is Nc1onc(-c2cn[nH]c2)c1-c1cccc(Cl)c1F. The van der Waals surface area contributed by atoms with E-state index in [-0.39, 0.29) is 16.5 Å². The molecule has 19 heavy (non-hydrogen) atoms. The van der Waals surface area contributed by atoms with Gasteiger partial charge in [0.2, 0.25) is 5.88 Å². The molecule has 0 saturated heterocycles. The molecular formula is C12H8ClFN4O. The lowest BCUT2D eigenvalue weighted by atomic mass is 10.0. The number of nitrogens with two attached hydrogens (primary N) is 1. The molecule has 0 unspecified atom stereocenters. The van der Waals surface area contributed by atoms with Gasteiger partial charge < -0.3 is 10.3 Å². The zero-order valence-electron chi connectivity index (χ0n) is 9.52. The second-order valence-corrected chi connectivity index (χ2v) is 4.27. The molecule has 96 valence electrons. The Kier molecular flexibility index (Phi) is 2.72. The summed E-state index contributed by atoms with van der Waals surface area (Å²) in [4.78, 5) is 0. The Labute approximate surface area is 112 Å². The first-order valence-corrected chi connectivity index (χ1v) is 5.75. The van der Waals surface area contributed by atoms with Crippen molar-refractivity contribution in [2.24, 2.45) is 0 Å². The highest BCUT2D eigenvalue weighted by atomic mass is 35.5. The summed E-state index contributed by atoms with van der Waals surface area (Å²) in [5.74, 6) is -0.541. The van der Waals surface area contributed by atoms with Gasteiger partial charge in [0.25, 0.3) is 0 Å². The fourth-order valence-corrected chi connectivity index (χ4v) is 2.01. The first-order chi connectivity index (χ1) is 9.18. The van der Waals surface area contributed by atoms with Gasteiger partial charge in [0.15, 0.2) is 0 Å². The lowest BCUT2D eigenvalue weighted by Crippen LogP contribution is -1.91. The summed E-state index contributed by atoms with van der Waals surface area (Å²) in [7, 11) is 0. The second kappa shape index (κ2) is 4.40. The highest BCUT2D eigenvalue weighted by Gasteiger charge is 2.21. The van der Waals surface area contributed by atoms with Crippen LogP contribution in [-0.4, -0.2) is 15.4 Å². The molecule has 5 nitrogen and oxygen atoms in total. The van der Waals surface area contributed by atoms with Crippen LogP contribution in [-0.2, 0) is 0 Å². The molecule has 2 heterocycles. The number of aromatic amines is 1. The van der Waals surface area contributed by atoms with Crippen molar-refractivity contribution in [3.05, 3.63) is 41.4 Å². The van der Waals surface area contributed by atoms with Gasteiger partial charge in [0, 0.05) is 17.3 Å². The van der Waals surface area contributed by atoms with Crippen molar-refractivity contribution in [1.82, 2.24) is 15.4 Å². The van der Waals surface area contributed by atoms with Gasteiger partial charge in [0.05, 0.1) is 16.8 Å². The van der Waals surface area contributed by atoms with Crippen molar-refractivity contribution < 1.29 is 8.91 Å². The summed E-state index contributed by atoms with van der Waals surface area (Å²) in [6.45, 7) is 0. The summed E-state index contributed by atoms with van der Waals surface area (Å²) in [6, 6.07) is 4.65. The number of rotatable bonds is 2. The van der Waals surface area contributed by atoms with Crippen LogP contribution < -0.4 is 5.73 Å². The third-order valence-electron chi connectivity index (χ3n) is 2.71. The molecule has 3 aromatic rings. The molecule has 0 amide bonds. The Bertz CT molecular complexity index is 723. The Morgan fingerprint density at radius 2 is 2.21 bits per heavy atom. The van der Waals surface area contributed by atoms with E-state index in [9.17, 15) is 4.39 Å². The van der Waals surface area contributed by atoms with Crippen LogP contribution in [0.2, 0.25) is 5.02 Å². The van der Waals surface area contributed by atoms with E-state index in [2.05, 4.69) is 15.4 Å². The van der Waals surface area contributed by atoms with Crippen LogP contribution in [0.3, 0.4) is 0 Å². The van der Waals surface area contributed by atoms with E-state index in [0.717, 1.165) is 0 Å². The van der Waals surface area contributed by atoms with Gasteiger partial charge in [-0.15, -0.1) is 0 Å². The molecule has 3 N–H and O–H groups in total. The maximum atomic E-state index is 14.1. The van der Waals surface area contributed by atoms with E-state index in [1.54, 1.807) is 24.5 Å². The van der Waals surface area contributed by atoms with E-state index in [0.29, 0.717) is 16.8 Å². The lowest BCUT2D eigenvalue weighted by Gasteiger charge is -2.04. The van der Waals surface area contributed by atoms with Crippen molar-refractivity contribution in [2.45, 2.75) is 0 Å². The minimum atomic E-state index is -0.566. The average Bonchev–Trinajstić information content (AvgIpc) is 3.02. The first kappa shape index (κ1) is 11.7. The molecule has 0 atom stereocenters. The van der Waals surface area contributed by atoms with E-state index in [1.807, 2.05) is 0 Å². The van der Waals surface area contributed by atoms with Gasteiger partial charge >= 0.3 is 0 Å². The van der Waals surface area contributed by atoms with Crippen molar-refractivity contribution in [3.63, 3.8) is 0 Å². The normalized spacial score (nSPS) is 10.8. The predicted octanol–water partition coefficient (Wildman–Crippen LogP) is 3.11. The van der Waals surface area contributed by atoms with Gasteiger partial charge in [-0.05, 0) is 6.07 Å². The van der Waals surface area contributed by atoms with Crippen LogP contribution in [0.1, 0.15) is 0 Å². The minimum Gasteiger partial charge on any atom is -0.367 e. The summed E-state index contributed by atoms with van der Waals surface area (Å²) < 4.78 is 19.0. The van der Waals surface area contributed by atoms with Gasteiger partial charge in [-0.2, -0.15) is 5.10 Å². The van der Waals surface area contributed by atoms with Crippen molar-refractivity contribution in [1.29, 1.82) is 0 Å². The Morgan fingerprint density at radius 1 is 1.37 bits per heavy atom. The molecule has 0 bridgehead atoms. The molecule has 2 aromatic heterocycles. The number of anilines is 1. The molecule has 0 spiro atoms. The average molecular weight is 279 g/mol. The number of nitrogens with one attached hydrogen (secondary N) is 1. The molecule has 3 rings (SSSR count). The Hall–Kier alpha value is -2.34. The number of hydrogen-bond acceptors (Lipinski definition) is 4. The highest BCUT2D eigenvalue weighted by molar-refractivity contribution is 6.31. The summed E-state index contributed by atoms with van der Waals surface area (Å²) in [6.07, 6.45) is 3.16. The van der Waals surface area contributed by atoms with Crippen LogP contribution in [0.25, 0.3) is 22.4 Å². The second-order valence-electron chi connectivity index (χ2n) is 3.86. The molecule has 0 aliphatic carbocycles. The molecular weight excluding hydrogens is 271 g/mol. The van der Waals surface area contributed by atoms with E-state index < -0.39 is 5.82 Å². The molecule has 7 heteroatoms. The zero-order valence-corrected chi connectivity index (χ0v) is 10.3. The molecule has 0 aliphatic heterocycles. The van der Waals surface area contributed by atoms with E-state index in [1.165, 1.54) is 6.07 Å². The predicted molar refractivity (Wildman–Crippen MR) is 68.9 cm³/mol. The van der Waals surface area contributed by atoms with Gasteiger partial charge in [-0.25, -0.2) is 4.39 Å². The number of nitrogens with zero attached hydrogens (tertiary/aromatic N) is 2. The van der Waals surface area contributed by atoms with Crippen LogP contribution in [0.5, 0.6) is 0 Å².